The number of benzene rings is 1. The van der Waals surface area contributed by atoms with E-state index < -0.39 is 6.17 Å². The maximum atomic E-state index is 12.8. The smallest absolute Gasteiger partial charge is 0.123 e. The SMILES string of the molecule is CC(F)c1ccccc1CO. The van der Waals surface area contributed by atoms with Crippen LogP contribution in [-0.2, 0) is 6.61 Å². The molecule has 0 fully saturated rings. The van der Waals surface area contributed by atoms with E-state index in [0.29, 0.717) is 11.1 Å². The Labute approximate surface area is 65.5 Å². The molecule has 0 aliphatic carbocycles. The summed E-state index contributed by atoms with van der Waals surface area (Å²) in [5.41, 5.74) is 1.25. The molecular weight excluding hydrogens is 143 g/mol. The van der Waals surface area contributed by atoms with Gasteiger partial charge in [0.05, 0.1) is 6.61 Å². The van der Waals surface area contributed by atoms with Crippen LogP contribution in [0.3, 0.4) is 0 Å². The molecular formula is C9H11FO. The molecule has 1 unspecified atom stereocenters. The first-order valence-corrected chi connectivity index (χ1v) is 3.58. The number of rotatable bonds is 2. The molecule has 0 radical (unpaired) electrons. The Bertz CT molecular complexity index is 233. The third-order valence-electron chi connectivity index (χ3n) is 1.65. The second-order valence-electron chi connectivity index (χ2n) is 2.47. The summed E-state index contributed by atoms with van der Waals surface area (Å²) in [5, 5.41) is 8.80. The van der Waals surface area contributed by atoms with Crippen LogP contribution in [0.1, 0.15) is 24.2 Å². The van der Waals surface area contributed by atoms with Gasteiger partial charge in [0, 0.05) is 0 Å². The maximum Gasteiger partial charge on any atom is 0.123 e. The van der Waals surface area contributed by atoms with Gasteiger partial charge in [-0.15, -0.1) is 0 Å². The normalized spacial score (nSPS) is 13.0. The molecule has 0 saturated heterocycles. The number of aliphatic hydroxyl groups is 1. The Morgan fingerprint density at radius 3 is 2.55 bits per heavy atom. The van der Waals surface area contributed by atoms with Crippen molar-refractivity contribution < 1.29 is 9.50 Å². The summed E-state index contributed by atoms with van der Waals surface area (Å²) in [5.74, 6) is 0. The van der Waals surface area contributed by atoms with Gasteiger partial charge in [-0.2, -0.15) is 0 Å². The van der Waals surface area contributed by atoms with Gasteiger partial charge in [0.15, 0.2) is 0 Å². The minimum Gasteiger partial charge on any atom is -0.392 e. The molecule has 60 valence electrons. The first-order chi connectivity index (χ1) is 5.25. The zero-order valence-electron chi connectivity index (χ0n) is 6.42. The van der Waals surface area contributed by atoms with Crippen molar-refractivity contribution in [2.45, 2.75) is 19.7 Å². The van der Waals surface area contributed by atoms with E-state index in [4.69, 9.17) is 5.11 Å². The van der Waals surface area contributed by atoms with Crippen LogP contribution in [0.15, 0.2) is 24.3 Å². The van der Waals surface area contributed by atoms with E-state index in [1.807, 2.05) is 0 Å². The third kappa shape index (κ3) is 1.77. The average molecular weight is 154 g/mol. The van der Waals surface area contributed by atoms with Crippen LogP contribution in [0.25, 0.3) is 0 Å². The highest BCUT2D eigenvalue weighted by molar-refractivity contribution is 5.27. The lowest BCUT2D eigenvalue weighted by molar-refractivity contribution is 0.275. The molecule has 1 nitrogen and oxygen atoms in total. The predicted octanol–water partition coefficient (Wildman–Crippen LogP) is 2.21. The van der Waals surface area contributed by atoms with E-state index >= 15 is 0 Å². The van der Waals surface area contributed by atoms with Crippen molar-refractivity contribution in [3.8, 4) is 0 Å². The third-order valence-corrected chi connectivity index (χ3v) is 1.65. The van der Waals surface area contributed by atoms with Gasteiger partial charge in [0.1, 0.15) is 6.17 Å². The minimum absolute atomic E-state index is 0.0928. The summed E-state index contributed by atoms with van der Waals surface area (Å²) >= 11 is 0. The molecule has 2 heteroatoms. The second-order valence-corrected chi connectivity index (χ2v) is 2.47. The first kappa shape index (κ1) is 8.21. The van der Waals surface area contributed by atoms with Gasteiger partial charge < -0.3 is 5.11 Å². The lowest BCUT2D eigenvalue weighted by atomic mass is 10.1. The fraction of sp³-hybridized carbons (Fsp3) is 0.333. The maximum absolute atomic E-state index is 12.8. The van der Waals surface area contributed by atoms with Crippen molar-refractivity contribution in [2.75, 3.05) is 0 Å². The van der Waals surface area contributed by atoms with E-state index in [2.05, 4.69) is 0 Å². The highest BCUT2D eigenvalue weighted by Gasteiger charge is 2.06. The number of aliphatic hydroxyl groups excluding tert-OH is 1. The predicted molar refractivity (Wildman–Crippen MR) is 41.9 cm³/mol. The molecule has 0 bridgehead atoms. The molecule has 0 aliphatic rings. The van der Waals surface area contributed by atoms with Gasteiger partial charge in [-0.3, -0.25) is 0 Å². The van der Waals surface area contributed by atoms with E-state index in [-0.39, 0.29) is 6.61 Å². The standard InChI is InChI=1S/C9H11FO/c1-7(10)9-5-3-2-4-8(9)6-11/h2-5,7,11H,6H2,1H3. The number of alkyl halides is 1. The summed E-state index contributed by atoms with van der Waals surface area (Å²) in [7, 11) is 0. The first-order valence-electron chi connectivity index (χ1n) is 3.58. The molecule has 0 amide bonds. The van der Waals surface area contributed by atoms with Gasteiger partial charge in [0.2, 0.25) is 0 Å². The summed E-state index contributed by atoms with van der Waals surface area (Å²) in [4.78, 5) is 0. The largest absolute Gasteiger partial charge is 0.392 e. The molecule has 1 rings (SSSR count). The van der Waals surface area contributed by atoms with E-state index in [9.17, 15) is 4.39 Å². The summed E-state index contributed by atoms with van der Waals surface area (Å²) in [6.45, 7) is 1.37. The van der Waals surface area contributed by atoms with E-state index in [0.717, 1.165) is 0 Å². The topological polar surface area (TPSA) is 20.2 Å². The second kappa shape index (κ2) is 3.49. The van der Waals surface area contributed by atoms with Crippen LogP contribution in [0, 0.1) is 0 Å². The molecule has 1 atom stereocenters. The average Bonchev–Trinajstić information content (AvgIpc) is 2.04. The van der Waals surface area contributed by atoms with Crippen LogP contribution >= 0.6 is 0 Å². The Morgan fingerprint density at radius 2 is 2.09 bits per heavy atom. The van der Waals surface area contributed by atoms with Crippen molar-refractivity contribution in [3.63, 3.8) is 0 Å². The van der Waals surface area contributed by atoms with E-state index in [1.54, 1.807) is 24.3 Å². The molecule has 0 saturated carbocycles. The fourth-order valence-electron chi connectivity index (χ4n) is 1.07. The number of halogens is 1. The van der Waals surface area contributed by atoms with Crippen LogP contribution < -0.4 is 0 Å². The lowest BCUT2D eigenvalue weighted by Gasteiger charge is -2.06. The molecule has 0 aromatic heterocycles. The zero-order chi connectivity index (χ0) is 8.27. The Balaban J connectivity index is 3.02. The molecule has 1 N–H and O–H groups in total. The van der Waals surface area contributed by atoms with Crippen molar-refractivity contribution >= 4 is 0 Å². The van der Waals surface area contributed by atoms with Crippen LogP contribution in [0.5, 0.6) is 0 Å². The fourth-order valence-corrected chi connectivity index (χ4v) is 1.07. The lowest BCUT2D eigenvalue weighted by Crippen LogP contribution is -1.93. The summed E-state index contributed by atoms with van der Waals surface area (Å²) < 4.78 is 12.8. The van der Waals surface area contributed by atoms with Crippen molar-refractivity contribution in [2.24, 2.45) is 0 Å². The summed E-state index contributed by atoms with van der Waals surface area (Å²) in [6.07, 6.45) is -1.00. The molecule has 0 aliphatic heterocycles. The molecule has 11 heavy (non-hydrogen) atoms. The van der Waals surface area contributed by atoms with Gasteiger partial charge >= 0.3 is 0 Å². The van der Waals surface area contributed by atoms with Crippen LogP contribution in [0.2, 0.25) is 0 Å². The molecule has 1 aromatic carbocycles. The van der Waals surface area contributed by atoms with Gasteiger partial charge in [-0.25, -0.2) is 4.39 Å². The van der Waals surface area contributed by atoms with Gasteiger partial charge in [-0.05, 0) is 18.1 Å². The Morgan fingerprint density at radius 1 is 1.45 bits per heavy atom. The highest BCUT2D eigenvalue weighted by Crippen LogP contribution is 2.20. The van der Waals surface area contributed by atoms with Crippen molar-refractivity contribution in [3.05, 3.63) is 35.4 Å². The van der Waals surface area contributed by atoms with Crippen LogP contribution in [-0.4, -0.2) is 5.11 Å². The van der Waals surface area contributed by atoms with E-state index in [1.165, 1.54) is 6.92 Å². The monoisotopic (exact) mass is 154 g/mol. The van der Waals surface area contributed by atoms with Crippen LogP contribution in [0.4, 0.5) is 4.39 Å². The molecule has 0 heterocycles. The Kier molecular flexibility index (Phi) is 2.60. The van der Waals surface area contributed by atoms with Crippen molar-refractivity contribution in [1.82, 2.24) is 0 Å². The summed E-state index contributed by atoms with van der Waals surface area (Å²) in [6, 6.07) is 6.98. The quantitative estimate of drug-likeness (QED) is 0.692. The molecule has 1 aromatic rings. The highest BCUT2D eigenvalue weighted by atomic mass is 19.1. The molecule has 0 spiro atoms. The number of hydrogen-bond acceptors (Lipinski definition) is 1. The zero-order valence-corrected chi connectivity index (χ0v) is 6.42. The minimum atomic E-state index is -1.00. The van der Waals surface area contributed by atoms with Gasteiger partial charge in [-0.1, -0.05) is 24.3 Å². The number of hydrogen-bond donors (Lipinski definition) is 1. The van der Waals surface area contributed by atoms with Crippen molar-refractivity contribution in [1.29, 1.82) is 0 Å². The van der Waals surface area contributed by atoms with Gasteiger partial charge in [0.25, 0.3) is 0 Å². The Hall–Kier alpha value is -0.890.